The molecule has 160 valence electrons. The summed E-state index contributed by atoms with van der Waals surface area (Å²) in [6, 6.07) is 18.1. The molecule has 2 aliphatic rings. The first-order chi connectivity index (χ1) is 14.3. The molecule has 2 fully saturated rings. The Bertz CT molecular complexity index is 1000. The Labute approximate surface area is 179 Å². The third kappa shape index (κ3) is 4.60. The van der Waals surface area contributed by atoms with E-state index in [1.807, 2.05) is 43.0 Å². The van der Waals surface area contributed by atoms with Crippen LogP contribution in [0.15, 0.2) is 54.6 Å². The van der Waals surface area contributed by atoms with Crippen molar-refractivity contribution >= 4 is 15.9 Å². The summed E-state index contributed by atoms with van der Waals surface area (Å²) in [5.74, 6) is -0.0192. The van der Waals surface area contributed by atoms with Gasteiger partial charge < -0.3 is 4.90 Å². The van der Waals surface area contributed by atoms with Crippen molar-refractivity contribution in [2.75, 3.05) is 6.54 Å². The molecule has 2 aromatic carbocycles. The SMILES string of the molecule is CC(C)C(=O)N1CC[C@H](NS(=O)(=O)C2CC2)[C@@H]1Cc1cccc(-c2ccccc2)c1. The monoisotopic (exact) mass is 426 g/mol. The summed E-state index contributed by atoms with van der Waals surface area (Å²) < 4.78 is 28.1. The lowest BCUT2D eigenvalue weighted by Gasteiger charge is -2.30. The maximum atomic E-state index is 12.8. The fourth-order valence-corrected chi connectivity index (χ4v) is 5.93. The number of likely N-dealkylation sites (tertiary alicyclic amines) is 1. The van der Waals surface area contributed by atoms with E-state index in [1.165, 1.54) is 0 Å². The molecule has 5 nitrogen and oxygen atoms in total. The van der Waals surface area contributed by atoms with Crippen LogP contribution in [0.5, 0.6) is 0 Å². The number of nitrogens with zero attached hydrogens (tertiary/aromatic N) is 1. The molecular formula is C24H30N2O3S. The van der Waals surface area contributed by atoms with Crippen LogP contribution in [-0.4, -0.2) is 43.1 Å². The van der Waals surface area contributed by atoms with E-state index in [-0.39, 0.29) is 29.2 Å². The molecule has 0 spiro atoms. The number of hydrogen-bond acceptors (Lipinski definition) is 3. The smallest absolute Gasteiger partial charge is 0.225 e. The quantitative estimate of drug-likeness (QED) is 0.736. The molecule has 0 bridgehead atoms. The normalized spacial score (nSPS) is 21.9. The number of carbonyl (C=O) groups excluding carboxylic acids is 1. The van der Waals surface area contributed by atoms with Gasteiger partial charge in [-0.3, -0.25) is 4.79 Å². The molecule has 1 aliphatic heterocycles. The predicted molar refractivity (Wildman–Crippen MR) is 119 cm³/mol. The molecule has 1 heterocycles. The summed E-state index contributed by atoms with van der Waals surface area (Å²) in [6.07, 6.45) is 2.77. The van der Waals surface area contributed by atoms with Crippen LogP contribution in [0.25, 0.3) is 11.1 Å². The van der Waals surface area contributed by atoms with Gasteiger partial charge in [0.2, 0.25) is 15.9 Å². The summed E-state index contributed by atoms with van der Waals surface area (Å²) in [6.45, 7) is 4.39. The van der Waals surface area contributed by atoms with Crippen LogP contribution in [0.2, 0.25) is 0 Å². The Morgan fingerprint density at radius 1 is 1.03 bits per heavy atom. The van der Waals surface area contributed by atoms with E-state index < -0.39 is 10.0 Å². The average molecular weight is 427 g/mol. The van der Waals surface area contributed by atoms with Crippen molar-refractivity contribution < 1.29 is 13.2 Å². The Balaban J connectivity index is 1.59. The Morgan fingerprint density at radius 3 is 2.40 bits per heavy atom. The predicted octanol–water partition coefficient (Wildman–Crippen LogP) is 3.60. The van der Waals surface area contributed by atoms with Crippen LogP contribution in [0.1, 0.15) is 38.7 Å². The van der Waals surface area contributed by atoms with Gasteiger partial charge in [0.1, 0.15) is 0 Å². The molecule has 1 amide bonds. The highest BCUT2D eigenvalue weighted by molar-refractivity contribution is 7.90. The Kier molecular flexibility index (Phi) is 5.98. The van der Waals surface area contributed by atoms with E-state index in [1.54, 1.807) is 0 Å². The minimum Gasteiger partial charge on any atom is -0.337 e. The van der Waals surface area contributed by atoms with Crippen LogP contribution in [0, 0.1) is 5.92 Å². The fourth-order valence-electron chi connectivity index (χ4n) is 4.28. The van der Waals surface area contributed by atoms with Gasteiger partial charge in [-0.25, -0.2) is 13.1 Å². The highest BCUT2D eigenvalue weighted by atomic mass is 32.2. The summed E-state index contributed by atoms with van der Waals surface area (Å²) >= 11 is 0. The van der Waals surface area contributed by atoms with Crippen LogP contribution in [-0.2, 0) is 21.2 Å². The highest BCUT2D eigenvalue weighted by Crippen LogP contribution is 2.31. The summed E-state index contributed by atoms with van der Waals surface area (Å²) in [4.78, 5) is 14.7. The number of amides is 1. The lowest BCUT2D eigenvalue weighted by Crippen LogP contribution is -2.49. The highest BCUT2D eigenvalue weighted by Gasteiger charge is 2.43. The topological polar surface area (TPSA) is 66.5 Å². The van der Waals surface area contributed by atoms with E-state index in [2.05, 4.69) is 35.1 Å². The summed E-state index contributed by atoms with van der Waals surface area (Å²) in [5, 5.41) is -0.255. The molecular weight excluding hydrogens is 396 g/mol. The second-order valence-corrected chi connectivity index (χ2v) is 10.8. The molecule has 4 rings (SSSR count). The number of rotatable bonds is 7. The van der Waals surface area contributed by atoms with Crippen LogP contribution < -0.4 is 4.72 Å². The minimum atomic E-state index is -3.30. The van der Waals surface area contributed by atoms with Crippen molar-refractivity contribution in [3.63, 3.8) is 0 Å². The second kappa shape index (κ2) is 8.52. The van der Waals surface area contributed by atoms with Gasteiger partial charge in [-0.05, 0) is 42.4 Å². The van der Waals surface area contributed by atoms with Gasteiger partial charge in [0, 0.05) is 18.5 Å². The lowest BCUT2D eigenvalue weighted by atomic mass is 9.96. The van der Waals surface area contributed by atoms with E-state index in [4.69, 9.17) is 0 Å². The van der Waals surface area contributed by atoms with Gasteiger partial charge in [0.25, 0.3) is 0 Å². The van der Waals surface area contributed by atoms with Crippen LogP contribution >= 0.6 is 0 Å². The molecule has 1 N–H and O–H groups in total. The molecule has 1 saturated heterocycles. The van der Waals surface area contributed by atoms with Crippen molar-refractivity contribution in [3.05, 3.63) is 60.2 Å². The molecule has 2 atom stereocenters. The van der Waals surface area contributed by atoms with Gasteiger partial charge in [-0.15, -0.1) is 0 Å². The van der Waals surface area contributed by atoms with E-state index in [9.17, 15) is 13.2 Å². The van der Waals surface area contributed by atoms with Crippen LogP contribution in [0.4, 0.5) is 0 Å². The van der Waals surface area contributed by atoms with Gasteiger partial charge in [0.15, 0.2) is 0 Å². The fraction of sp³-hybridized carbons (Fsp3) is 0.458. The van der Waals surface area contributed by atoms with E-state index in [0.717, 1.165) is 29.5 Å². The first-order valence-corrected chi connectivity index (χ1v) is 12.4. The van der Waals surface area contributed by atoms with Gasteiger partial charge in [-0.1, -0.05) is 68.4 Å². The summed E-state index contributed by atoms with van der Waals surface area (Å²) in [7, 11) is -3.30. The van der Waals surface area contributed by atoms with Crippen molar-refractivity contribution in [2.24, 2.45) is 5.92 Å². The molecule has 0 unspecified atom stereocenters. The lowest BCUT2D eigenvalue weighted by molar-refractivity contribution is -0.135. The van der Waals surface area contributed by atoms with Crippen molar-refractivity contribution in [1.29, 1.82) is 0 Å². The van der Waals surface area contributed by atoms with Crippen molar-refractivity contribution in [1.82, 2.24) is 9.62 Å². The van der Waals surface area contributed by atoms with Crippen molar-refractivity contribution in [3.8, 4) is 11.1 Å². The number of hydrogen-bond donors (Lipinski definition) is 1. The van der Waals surface area contributed by atoms with Gasteiger partial charge >= 0.3 is 0 Å². The van der Waals surface area contributed by atoms with Crippen molar-refractivity contribution in [2.45, 2.75) is 56.9 Å². The molecule has 0 radical (unpaired) electrons. The number of nitrogens with one attached hydrogen (secondary N) is 1. The molecule has 2 aromatic rings. The standard InChI is InChI=1S/C24H30N2O3S/c1-17(2)24(27)26-14-13-22(25-30(28,29)21-11-12-21)23(26)16-18-7-6-10-20(15-18)19-8-4-3-5-9-19/h3-10,15,17,21-23,25H,11-14,16H2,1-2H3/t22-,23-/m0/s1. The molecule has 6 heteroatoms. The maximum absolute atomic E-state index is 12.8. The molecule has 0 aromatic heterocycles. The van der Waals surface area contributed by atoms with Gasteiger partial charge in [-0.2, -0.15) is 0 Å². The molecule has 1 aliphatic carbocycles. The maximum Gasteiger partial charge on any atom is 0.225 e. The Hall–Kier alpha value is -2.18. The third-order valence-electron chi connectivity index (χ3n) is 6.08. The third-order valence-corrected chi connectivity index (χ3v) is 8.06. The largest absolute Gasteiger partial charge is 0.337 e. The average Bonchev–Trinajstić information content (AvgIpc) is 3.53. The zero-order valence-electron chi connectivity index (χ0n) is 17.6. The van der Waals surface area contributed by atoms with Gasteiger partial charge in [0.05, 0.1) is 11.3 Å². The number of carbonyl (C=O) groups is 1. The molecule has 30 heavy (non-hydrogen) atoms. The van der Waals surface area contributed by atoms with Crippen LogP contribution in [0.3, 0.4) is 0 Å². The number of benzene rings is 2. The number of sulfonamides is 1. The van der Waals surface area contributed by atoms with E-state index >= 15 is 0 Å². The summed E-state index contributed by atoms with van der Waals surface area (Å²) in [5.41, 5.74) is 3.38. The first kappa shape index (κ1) is 21.1. The zero-order valence-corrected chi connectivity index (χ0v) is 18.4. The second-order valence-electron chi connectivity index (χ2n) is 8.78. The molecule has 1 saturated carbocycles. The minimum absolute atomic E-state index is 0.0901. The Morgan fingerprint density at radius 2 is 1.73 bits per heavy atom. The van der Waals surface area contributed by atoms with E-state index in [0.29, 0.717) is 19.4 Å². The first-order valence-electron chi connectivity index (χ1n) is 10.8. The zero-order chi connectivity index (χ0) is 21.3.